The Balaban J connectivity index is 0.00000112. The first-order valence-corrected chi connectivity index (χ1v) is 12.7. The smallest absolute Gasteiger partial charge is 0.132 e. The van der Waals surface area contributed by atoms with Crippen molar-refractivity contribution in [2.45, 2.75) is 103 Å². The number of carbonyl (C=O) groups excluding carboxylic acids is 1. The number of hydrogen-bond donors (Lipinski definition) is 0. The lowest BCUT2D eigenvalue weighted by Gasteiger charge is -2.58. The van der Waals surface area contributed by atoms with E-state index in [0.29, 0.717) is 28.6 Å². The summed E-state index contributed by atoms with van der Waals surface area (Å²) in [4.78, 5) is 26.3. The van der Waals surface area contributed by atoms with Crippen LogP contribution in [0.15, 0.2) is 12.4 Å². The predicted molar refractivity (Wildman–Crippen MR) is 126 cm³/mol. The van der Waals surface area contributed by atoms with Crippen molar-refractivity contribution in [3.63, 3.8) is 0 Å². The quantitative estimate of drug-likeness (QED) is 0.661. The minimum Gasteiger partial charge on any atom is -0.366 e. The second-order valence-corrected chi connectivity index (χ2v) is 10.7. The lowest BCUT2D eigenvalue weighted by Crippen LogP contribution is -2.63. The van der Waals surface area contributed by atoms with Crippen LogP contribution in [0.4, 0.5) is 5.69 Å². The maximum atomic E-state index is 11.7. The normalized spacial score (nSPS) is 31.9. The first-order chi connectivity index (χ1) is 14.9. The maximum Gasteiger partial charge on any atom is 0.132 e. The van der Waals surface area contributed by atoms with Gasteiger partial charge in [0.05, 0.1) is 18.1 Å². The van der Waals surface area contributed by atoms with Gasteiger partial charge in [-0.2, -0.15) is 0 Å². The Labute approximate surface area is 189 Å². The molecule has 5 rings (SSSR count). The molecule has 0 radical (unpaired) electrons. The van der Waals surface area contributed by atoms with Gasteiger partial charge in [-0.1, -0.05) is 27.7 Å². The molecule has 3 saturated carbocycles. The number of hydrogen-bond acceptors (Lipinski definition) is 5. The molecule has 1 aliphatic heterocycles. The zero-order valence-corrected chi connectivity index (χ0v) is 20.4. The predicted octanol–water partition coefficient (Wildman–Crippen LogP) is 5.21. The zero-order valence-electron chi connectivity index (χ0n) is 20.4. The molecule has 5 nitrogen and oxygen atoms in total. The Morgan fingerprint density at radius 2 is 1.65 bits per heavy atom. The monoisotopic (exact) mass is 426 g/mol. The maximum absolute atomic E-state index is 11.7. The summed E-state index contributed by atoms with van der Waals surface area (Å²) in [5.41, 5.74) is 2.15. The van der Waals surface area contributed by atoms with Gasteiger partial charge >= 0.3 is 0 Å². The molecule has 0 aromatic carbocycles. The standard InChI is InChI=1S/C24H36N4O.C2H6/c1-17(2)22-25-14-21(15-26-22)27-10-11-28(24(16-27)8-9-24)20-12-23(13-20)6-4-19(5-7-23)18(3)29;1-2/h14-15,17,19-20H,4-13,16H2,1-3H3;1-2H3. The fourth-order valence-corrected chi connectivity index (χ4v) is 6.37. The van der Waals surface area contributed by atoms with E-state index in [1.807, 2.05) is 26.2 Å². The summed E-state index contributed by atoms with van der Waals surface area (Å²) in [6, 6.07) is 0.771. The molecule has 3 aliphatic carbocycles. The molecule has 1 aromatic rings. The van der Waals surface area contributed by atoms with E-state index in [9.17, 15) is 4.79 Å². The molecule has 0 unspecified atom stereocenters. The molecule has 172 valence electrons. The Hall–Kier alpha value is -1.49. The minimum atomic E-state index is 0.349. The van der Waals surface area contributed by atoms with Crippen LogP contribution < -0.4 is 4.90 Å². The minimum absolute atomic E-state index is 0.349. The van der Waals surface area contributed by atoms with Crippen molar-refractivity contribution in [2.24, 2.45) is 11.3 Å². The van der Waals surface area contributed by atoms with Gasteiger partial charge in [0.2, 0.25) is 0 Å². The van der Waals surface area contributed by atoms with Crippen molar-refractivity contribution in [3.8, 4) is 0 Å². The summed E-state index contributed by atoms with van der Waals surface area (Å²) in [6.07, 6.45) is 14.3. The van der Waals surface area contributed by atoms with Gasteiger partial charge in [0.25, 0.3) is 0 Å². The van der Waals surface area contributed by atoms with Gasteiger partial charge in [0, 0.05) is 43.1 Å². The molecule has 31 heavy (non-hydrogen) atoms. The summed E-state index contributed by atoms with van der Waals surface area (Å²) < 4.78 is 0. The van der Waals surface area contributed by atoms with Crippen molar-refractivity contribution in [1.29, 1.82) is 0 Å². The Bertz CT molecular complexity index is 754. The van der Waals surface area contributed by atoms with Gasteiger partial charge in [-0.3, -0.25) is 9.69 Å². The number of anilines is 1. The van der Waals surface area contributed by atoms with Gasteiger partial charge in [-0.15, -0.1) is 0 Å². The molecule has 1 aromatic heterocycles. The van der Waals surface area contributed by atoms with Crippen molar-refractivity contribution >= 4 is 11.5 Å². The highest BCUT2D eigenvalue weighted by Gasteiger charge is 2.58. The fourth-order valence-electron chi connectivity index (χ4n) is 6.37. The molecular weight excluding hydrogens is 384 g/mol. The molecule has 5 heteroatoms. The first-order valence-electron chi connectivity index (χ1n) is 12.7. The molecular formula is C26H42N4O. The number of aromatic nitrogens is 2. The largest absolute Gasteiger partial charge is 0.366 e. The highest BCUT2D eigenvalue weighted by Crippen LogP contribution is 2.58. The second-order valence-electron chi connectivity index (χ2n) is 10.7. The van der Waals surface area contributed by atoms with Gasteiger partial charge in [0.1, 0.15) is 11.6 Å². The molecule has 0 amide bonds. The molecule has 0 N–H and O–H groups in total. The van der Waals surface area contributed by atoms with Crippen LogP contribution in [0.3, 0.4) is 0 Å². The number of ketones is 1. The van der Waals surface area contributed by atoms with E-state index in [1.54, 1.807) is 6.92 Å². The van der Waals surface area contributed by atoms with E-state index in [-0.39, 0.29) is 0 Å². The van der Waals surface area contributed by atoms with Crippen LogP contribution in [0, 0.1) is 11.3 Å². The summed E-state index contributed by atoms with van der Waals surface area (Å²) in [5, 5.41) is 0. The van der Waals surface area contributed by atoms with E-state index in [2.05, 4.69) is 33.6 Å². The Kier molecular flexibility index (Phi) is 6.44. The van der Waals surface area contributed by atoms with E-state index in [1.165, 1.54) is 50.8 Å². The lowest BCUT2D eigenvalue weighted by atomic mass is 9.56. The molecule has 4 fully saturated rings. The number of carbonyl (C=O) groups is 1. The van der Waals surface area contributed by atoms with Crippen molar-refractivity contribution in [1.82, 2.24) is 14.9 Å². The van der Waals surface area contributed by atoms with Gasteiger partial charge < -0.3 is 4.90 Å². The molecule has 1 saturated heterocycles. The van der Waals surface area contributed by atoms with Crippen molar-refractivity contribution in [3.05, 3.63) is 18.2 Å². The Morgan fingerprint density at radius 3 is 2.16 bits per heavy atom. The summed E-state index contributed by atoms with van der Waals surface area (Å²) in [7, 11) is 0. The lowest BCUT2D eigenvalue weighted by molar-refractivity contribution is -0.124. The topological polar surface area (TPSA) is 49.3 Å². The van der Waals surface area contributed by atoms with Crippen LogP contribution in [0.25, 0.3) is 0 Å². The number of piperazine rings is 1. The summed E-state index contributed by atoms with van der Waals surface area (Å²) in [6.45, 7) is 13.5. The highest BCUT2D eigenvalue weighted by molar-refractivity contribution is 5.78. The van der Waals surface area contributed by atoms with E-state index >= 15 is 0 Å². The molecule has 4 aliphatic rings. The molecule has 2 heterocycles. The van der Waals surface area contributed by atoms with Crippen LogP contribution in [0.2, 0.25) is 0 Å². The fraction of sp³-hybridized carbons (Fsp3) is 0.808. The third kappa shape index (κ3) is 4.40. The van der Waals surface area contributed by atoms with Crippen molar-refractivity contribution in [2.75, 3.05) is 24.5 Å². The van der Waals surface area contributed by atoms with Gasteiger partial charge in [-0.25, -0.2) is 9.97 Å². The Morgan fingerprint density at radius 1 is 1.03 bits per heavy atom. The van der Waals surface area contributed by atoms with Crippen LogP contribution in [0.1, 0.15) is 97.7 Å². The zero-order chi connectivity index (χ0) is 22.2. The van der Waals surface area contributed by atoms with Crippen molar-refractivity contribution < 1.29 is 4.79 Å². The average molecular weight is 427 g/mol. The average Bonchev–Trinajstić information content (AvgIpc) is 3.53. The van der Waals surface area contributed by atoms with Gasteiger partial charge in [-0.05, 0) is 63.7 Å². The molecule has 2 spiro atoms. The van der Waals surface area contributed by atoms with Gasteiger partial charge in [0.15, 0.2) is 0 Å². The van der Waals surface area contributed by atoms with E-state index in [4.69, 9.17) is 0 Å². The molecule has 0 bridgehead atoms. The van der Waals surface area contributed by atoms with Crippen LogP contribution in [-0.4, -0.2) is 51.9 Å². The summed E-state index contributed by atoms with van der Waals surface area (Å²) in [5.74, 6) is 2.08. The van der Waals surface area contributed by atoms with Crippen LogP contribution in [-0.2, 0) is 4.79 Å². The number of nitrogens with zero attached hydrogens (tertiary/aromatic N) is 4. The third-order valence-electron chi connectivity index (χ3n) is 8.47. The summed E-state index contributed by atoms with van der Waals surface area (Å²) >= 11 is 0. The number of Topliss-reactive ketones (excluding diaryl/α,β-unsaturated/α-hetero) is 1. The second kappa shape index (κ2) is 8.80. The van der Waals surface area contributed by atoms with Crippen LogP contribution >= 0.6 is 0 Å². The van der Waals surface area contributed by atoms with Crippen LogP contribution in [0.5, 0.6) is 0 Å². The molecule has 0 atom stereocenters. The van der Waals surface area contributed by atoms with E-state index in [0.717, 1.165) is 37.8 Å². The SMILES string of the molecule is CC.CC(=O)C1CCC2(CC1)CC(N1CCN(c3cnc(C(C)C)nc3)CC13CC3)C2. The number of rotatable bonds is 4. The van der Waals surface area contributed by atoms with E-state index < -0.39 is 0 Å². The highest BCUT2D eigenvalue weighted by atomic mass is 16.1. The first kappa shape index (κ1) is 22.7. The third-order valence-corrected chi connectivity index (χ3v) is 8.47.